The molecule has 0 saturated heterocycles. The Kier molecular flexibility index (Phi) is 2.22. The Bertz CT molecular complexity index is 352. The van der Waals surface area contributed by atoms with E-state index >= 15 is 0 Å². The molecule has 0 radical (unpaired) electrons. The first-order valence-corrected chi connectivity index (χ1v) is 4.31. The van der Waals surface area contributed by atoms with Crippen molar-refractivity contribution >= 4 is 0 Å². The quantitative estimate of drug-likeness (QED) is 0.530. The number of rotatable bonds is 2. The summed E-state index contributed by atoms with van der Waals surface area (Å²) in [4.78, 5) is 14.4. The third-order valence-electron chi connectivity index (χ3n) is 2.08. The second-order valence-corrected chi connectivity index (χ2v) is 3.02. The van der Waals surface area contributed by atoms with Crippen molar-refractivity contribution in [3.8, 4) is 5.75 Å². The fourth-order valence-corrected chi connectivity index (χ4v) is 1.47. The summed E-state index contributed by atoms with van der Waals surface area (Å²) >= 11 is 0. The van der Waals surface area contributed by atoms with Gasteiger partial charge >= 0.3 is 0 Å². The van der Waals surface area contributed by atoms with Crippen LogP contribution in [0.2, 0.25) is 0 Å². The van der Waals surface area contributed by atoms with Gasteiger partial charge in [-0.25, -0.2) is 0 Å². The van der Waals surface area contributed by atoms with Gasteiger partial charge in [-0.2, -0.15) is 0 Å². The molecule has 5 heteroatoms. The molecule has 0 spiro atoms. The minimum Gasteiger partial charge on any atom is -0.464 e. The highest BCUT2D eigenvalue weighted by Gasteiger charge is 2.21. The van der Waals surface area contributed by atoms with Crippen LogP contribution in [0.5, 0.6) is 5.75 Å². The van der Waals surface area contributed by atoms with Crippen LogP contribution >= 0.6 is 0 Å². The van der Waals surface area contributed by atoms with Gasteiger partial charge in [-0.15, -0.1) is 10.1 Å². The van der Waals surface area contributed by atoms with Crippen LogP contribution in [-0.2, 0) is 11.3 Å². The highest BCUT2D eigenvalue weighted by atomic mass is 17.0. The predicted octanol–water partition coefficient (Wildman–Crippen LogP) is 1.55. The number of hydrogen-bond donors (Lipinski definition) is 0. The van der Waals surface area contributed by atoms with Gasteiger partial charge in [-0.05, 0) is 18.1 Å². The van der Waals surface area contributed by atoms with Gasteiger partial charge in [0.25, 0.3) is 5.09 Å². The molecule has 14 heavy (non-hydrogen) atoms. The molecule has 0 aromatic heterocycles. The average molecular weight is 195 g/mol. The summed E-state index contributed by atoms with van der Waals surface area (Å²) in [7, 11) is 0. The Morgan fingerprint density at radius 3 is 3.07 bits per heavy atom. The highest BCUT2D eigenvalue weighted by molar-refractivity contribution is 5.34. The smallest absolute Gasteiger partial charge is 0.298 e. The molecule has 0 fully saturated rings. The molecular formula is C9H9NO4. The van der Waals surface area contributed by atoms with Crippen molar-refractivity contribution in [1.29, 1.82) is 0 Å². The zero-order valence-electron chi connectivity index (χ0n) is 7.38. The van der Waals surface area contributed by atoms with E-state index < -0.39 is 11.4 Å². The molecule has 74 valence electrons. The highest BCUT2D eigenvalue weighted by Crippen LogP contribution is 2.27. The molecule has 1 atom stereocenters. The molecule has 0 bridgehead atoms. The maximum atomic E-state index is 10.1. The van der Waals surface area contributed by atoms with Crippen molar-refractivity contribution < 1.29 is 14.7 Å². The summed E-state index contributed by atoms with van der Waals surface area (Å²) in [6.07, 6.45) is 0.493. The topological polar surface area (TPSA) is 61.6 Å². The summed E-state index contributed by atoms with van der Waals surface area (Å²) in [5.41, 5.74) is 1.07. The lowest BCUT2D eigenvalue weighted by atomic mass is 10.1. The first-order chi connectivity index (χ1) is 6.75. The fraction of sp³-hybridized carbons (Fsp3) is 0.333. The molecule has 0 N–H and O–H groups in total. The summed E-state index contributed by atoms with van der Waals surface area (Å²) in [6.45, 7) is 0. The van der Waals surface area contributed by atoms with Gasteiger partial charge < -0.3 is 4.74 Å². The Hall–Kier alpha value is -1.78. The second kappa shape index (κ2) is 3.53. The number of hydrogen-bond acceptors (Lipinski definition) is 4. The van der Waals surface area contributed by atoms with Crippen molar-refractivity contribution in [2.24, 2.45) is 0 Å². The van der Waals surface area contributed by atoms with E-state index in [0.717, 1.165) is 12.0 Å². The van der Waals surface area contributed by atoms with Crippen LogP contribution in [0.4, 0.5) is 0 Å². The Morgan fingerprint density at radius 2 is 2.29 bits per heavy atom. The molecule has 0 saturated carbocycles. The number of para-hydroxylation sites is 1. The van der Waals surface area contributed by atoms with E-state index in [1.54, 1.807) is 6.07 Å². The monoisotopic (exact) mass is 195 g/mol. The van der Waals surface area contributed by atoms with E-state index in [4.69, 9.17) is 4.74 Å². The van der Waals surface area contributed by atoms with Crippen LogP contribution in [0, 0.1) is 10.1 Å². The third kappa shape index (κ3) is 1.76. The largest absolute Gasteiger partial charge is 0.464 e. The van der Waals surface area contributed by atoms with Crippen molar-refractivity contribution in [2.45, 2.75) is 19.1 Å². The zero-order valence-corrected chi connectivity index (χ0v) is 7.38. The molecule has 1 aromatic carbocycles. The van der Waals surface area contributed by atoms with Gasteiger partial charge in [0.15, 0.2) is 0 Å². The van der Waals surface area contributed by atoms with Gasteiger partial charge in [-0.1, -0.05) is 18.2 Å². The van der Waals surface area contributed by atoms with Gasteiger partial charge in [0.1, 0.15) is 5.75 Å². The van der Waals surface area contributed by atoms with Gasteiger partial charge in [0, 0.05) is 6.42 Å². The maximum absolute atomic E-state index is 10.1. The van der Waals surface area contributed by atoms with Crippen molar-refractivity contribution in [3.63, 3.8) is 0 Å². The summed E-state index contributed by atoms with van der Waals surface area (Å²) < 4.78 is 5.28. The Morgan fingerprint density at radius 1 is 1.50 bits per heavy atom. The Balaban J connectivity index is 2.09. The van der Waals surface area contributed by atoms with Crippen LogP contribution < -0.4 is 4.74 Å². The predicted molar refractivity (Wildman–Crippen MR) is 47.3 cm³/mol. The van der Waals surface area contributed by atoms with Gasteiger partial charge in [0.2, 0.25) is 6.29 Å². The minimum atomic E-state index is -0.821. The normalized spacial score (nSPS) is 19.3. The third-order valence-corrected chi connectivity index (χ3v) is 2.08. The van der Waals surface area contributed by atoms with Crippen LogP contribution in [0.25, 0.3) is 0 Å². The molecule has 5 nitrogen and oxygen atoms in total. The van der Waals surface area contributed by atoms with Crippen molar-refractivity contribution in [2.75, 3.05) is 0 Å². The molecule has 0 aliphatic carbocycles. The maximum Gasteiger partial charge on any atom is 0.298 e. The lowest BCUT2D eigenvalue weighted by Crippen LogP contribution is -2.27. The number of aryl methyl sites for hydroxylation is 1. The summed E-state index contributed by atoms with van der Waals surface area (Å²) in [6, 6.07) is 7.47. The van der Waals surface area contributed by atoms with Crippen LogP contribution in [0.1, 0.15) is 12.0 Å². The minimum absolute atomic E-state index is 0.512. The van der Waals surface area contributed by atoms with E-state index in [-0.39, 0.29) is 0 Å². The van der Waals surface area contributed by atoms with Crippen molar-refractivity contribution in [3.05, 3.63) is 39.9 Å². The van der Waals surface area contributed by atoms with E-state index in [1.807, 2.05) is 18.2 Å². The number of ether oxygens (including phenoxy) is 1. The molecule has 1 aromatic rings. The van der Waals surface area contributed by atoms with Crippen LogP contribution in [0.3, 0.4) is 0 Å². The summed E-state index contributed by atoms with van der Waals surface area (Å²) in [5.74, 6) is 0.672. The van der Waals surface area contributed by atoms with Gasteiger partial charge in [0.05, 0.1) is 0 Å². The van der Waals surface area contributed by atoms with E-state index in [0.29, 0.717) is 12.2 Å². The molecule has 1 unspecified atom stereocenters. The van der Waals surface area contributed by atoms with Crippen molar-refractivity contribution in [1.82, 2.24) is 0 Å². The molecule has 1 aliphatic heterocycles. The van der Waals surface area contributed by atoms with E-state index in [2.05, 4.69) is 4.84 Å². The van der Waals surface area contributed by atoms with E-state index in [9.17, 15) is 10.1 Å². The standard InChI is InChI=1S/C9H9NO4/c11-10(12)14-9-6-5-7-3-1-2-4-8(7)13-9/h1-4,9H,5-6H2. The summed E-state index contributed by atoms with van der Waals surface area (Å²) in [5, 5.41) is 9.26. The zero-order chi connectivity index (χ0) is 9.97. The fourth-order valence-electron chi connectivity index (χ4n) is 1.47. The molecule has 0 amide bonds. The number of benzene rings is 1. The number of nitrogens with zero attached hydrogens (tertiary/aromatic N) is 1. The molecular weight excluding hydrogens is 186 g/mol. The molecule has 1 heterocycles. The lowest BCUT2D eigenvalue weighted by molar-refractivity contribution is -0.778. The van der Waals surface area contributed by atoms with Crippen LogP contribution in [0.15, 0.2) is 24.3 Å². The lowest BCUT2D eigenvalue weighted by Gasteiger charge is -2.23. The Labute approximate surface area is 80.4 Å². The number of fused-ring (bicyclic) bond motifs is 1. The first kappa shape index (κ1) is 8.80. The average Bonchev–Trinajstić information content (AvgIpc) is 2.17. The molecule has 2 rings (SSSR count). The van der Waals surface area contributed by atoms with Crippen LogP contribution in [-0.4, -0.2) is 11.4 Å². The van der Waals surface area contributed by atoms with Gasteiger partial charge in [-0.3, -0.25) is 4.84 Å². The SMILES string of the molecule is O=[N+]([O-])OC1CCc2ccccc2O1. The van der Waals surface area contributed by atoms with E-state index in [1.165, 1.54) is 0 Å². The second-order valence-electron chi connectivity index (χ2n) is 3.02. The first-order valence-electron chi connectivity index (χ1n) is 4.31. The molecule has 1 aliphatic rings.